The second-order valence-electron chi connectivity index (χ2n) is 4.14. The third-order valence-corrected chi connectivity index (χ3v) is 3.81. The van der Waals surface area contributed by atoms with Gasteiger partial charge in [0.05, 0.1) is 6.20 Å². The molecule has 1 fully saturated rings. The zero-order chi connectivity index (χ0) is 11.5. The molecule has 0 amide bonds. The maximum absolute atomic E-state index is 5.73. The molecule has 3 nitrogen and oxygen atoms in total. The summed E-state index contributed by atoms with van der Waals surface area (Å²) in [4.78, 5) is 5.45. The van der Waals surface area contributed by atoms with Crippen molar-refractivity contribution in [1.82, 2.24) is 10.3 Å². The van der Waals surface area contributed by atoms with Crippen molar-refractivity contribution in [3.05, 3.63) is 36.0 Å². The zero-order valence-corrected chi connectivity index (χ0v) is 12.7. The number of pyridine rings is 1. The average Bonchev–Trinajstić information content (AvgIpc) is 2.81. The fraction of sp³-hybridized carbons (Fsp3) is 0.308. The molecule has 1 N–H and O–H groups in total. The molecular formula is C13H16Cl2N2OS. The van der Waals surface area contributed by atoms with Crippen LogP contribution in [0.25, 0.3) is 10.4 Å². The molecule has 6 heteroatoms. The predicted octanol–water partition coefficient (Wildman–Crippen LogP) is 3.39. The van der Waals surface area contributed by atoms with E-state index in [2.05, 4.69) is 27.8 Å². The monoisotopic (exact) mass is 318 g/mol. The highest BCUT2D eigenvalue weighted by molar-refractivity contribution is 7.13. The molecule has 1 atom stereocenters. The van der Waals surface area contributed by atoms with Gasteiger partial charge in [-0.15, -0.1) is 36.2 Å². The van der Waals surface area contributed by atoms with E-state index in [9.17, 15) is 0 Å². The minimum atomic E-state index is 0. The van der Waals surface area contributed by atoms with Gasteiger partial charge < -0.3 is 10.1 Å². The Balaban J connectivity index is 0.000000902. The van der Waals surface area contributed by atoms with Gasteiger partial charge in [0.2, 0.25) is 0 Å². The Morgan fingerprint density at radius 1 is 1.37 bits per heavy atom. The lowest BCUT2D eigenvalue weighted by atomic mass is 10.1. The molecule has 19 heavy (non-hydrogen) atoms. The molecule has 0 aliphatic carbocycles. The number of rotatable bonds is 4. The average molecular weight is 319 g/mol. The fourth-order valence-corrected chi connectivity index (χ4v) is 2.47. The van der Waals surface area contributed by atoms with E-state index >= 15 is 0 Å². The molecule has 2 aromatic heterocycles. The number of hydrogen-bond acceptors (Lipinski definition) is 4. The van der Waals surface area contributed by atoms with Gasteiger partial charge in [-0.3, -0.25) is 4.98 Å². The third-order valence-electron chi connectivity index (χ3n) is 2.90. The highest BCUT2D eigenvalue weighted by atomic mass is 35.5. The van der Waals surface area contributed by atoms with Crippen LogP contribution in [0.4, 0.5) is 0 Å². The maximum atomic E-state index is 5.73. The molecule has 1 aliphatic heterocycles. The van der Waals surface area contributed by atoms with Crippen LogP contribution in [-0.2, 0) is 0 Å². The van der Waals surface area contributed by atoms with Gasteiger partial charge in [0, 0.05) is 22.7 Å². The molecule has 3 heterocycles. The summed E-state index contributed by atoms with van der Waals surface area (Å²) in [6, 6.07) is 6.71. The van der Waals surface area contributed by atoms with Crippen molar-refractivity contribution < 1.29 is 4.74 Å². The molecule has 2 aromatic rings. The van der Waals surface area contributed by atoms with E-state index < -0.39 is 0 Å². The molecule has 3 rings (SSSR count). The number of halogens is 2. The SMILES string of the molecule is Cl.Cl.c1csc(-c2cncc(OC[C@@H]3CCN3)c2)c1. The van der Waals surface area contributed by atoms with Crippen LogP contribution in [0.5, 0.6) is 5.75 Å². The lowest BCUT2D eigenvalue weighted by Crippen LogP contribution is -2.46. The Morgan fingerprint density at radius 2 is 2.21 bits per heavy atom. The van der Waals surface area contributed by atoms with Crippen molar-refractivity contribution in [1.29, 1.82) is 0 Å². The largest absolute Gasteiger partial charge is 0.490 e. The Hall–Kier alpha value is -0.810. The molecule has 1 saturated heterocycles. The molecule has 0 spiro atoms. The summed E-state index contributed by atoms with van der Waals surface area (Å²) < 4.78 is 5.73. The topological polar surface area (TPSA) is 34.1 Å². The van der Waals surface area contributed by atoms with Crippen LogP contribution in [0.1, 0.15) is 6.42 Å². The number of ether oxygens (including phenoxy) is 1. The first kappa shape index (κ1) is 16.2. The second kappa shape index (κ2) is 7.70. The van der Waals surface area contributed by atoms with Crippen molar-refractivity contribution in [2.24, 2.45) is 0 Å². The van der Waals surface area contributed by atoms with Gasteiger partial charge in [0.1, 0.15) is 12.4 Å². The van der Waals surface area contributed by atoms with Gasteiger partial charge in [-0.2, -0.15) is 0 Å². The molecule has 1 aliphatic rings. The lowest BCUT2D eigenvalue weighted by Gasteiger charge is -2.27. The fourth-order valence-electron chi connectivity index (χ4n) is 1.76. The molecule has 0 saturated carbocycles. The van der Waals surface area contributed by atoms with Crippen LogP contribution in [-0.4, -0.2) is 24.2 Å². The molecule has 0 bridgehead atoms. The zero-order valence-electron chi connectivity index (χ0n) is 10.2. The first-order valence-electron chi connectivity index (χ1n) is 5.77. The smallest absolute Gasteiger partial charge is 0.138 e. The van der Waals surface area contributed by atoms with E-state index in [1.807, 2.05) is 12.3 Å². The van der Waals surface area contributed by atoms with Gasteiger partial charge in [-0.05, 0) is 30.5 Å². The van der Waals surface area contributed by atoms with Crippen molar-refractivity contribution in [3.8, 4) is 16.2 Å². The lowest BCUT2D eigenvalue weighted by molar-refractivity contribution is 0.217. The van der Waals surface area contributed by atoms with Gasteiger partial charge in [-0.1, -0.05) is 6.07 Å². The normalized spacial score (nSPS) is 16.7. The van der Waals surface area contributed by atoms with Crippen molar-refractivity contribution in [2.45, 2.75) is 12.5 Å². The van der Waals surface area contributed by atoms with E-state index in [4.69, 9.17) is 4.74 Å². The minimum absolute atomic E-state index is 0. The van der Waals surface area contributed by atoms with E-state index in [1.165, 1.54) is 11.3 Å². The first-order chi connectivity index (χ1) is 8.42. The van der Waals surface area contributed by atoms with E-state index in [1.54, 1.807) is 17.5 Å². The number of nitrogens with zero attached hydrogens (tertiary/aromatic N) is 1. The Labute approximate surface area is 129 Å². The van der Waals surface area contributed by atoms with Gasteiger partial charge >= 0.3 is 0 Å². The Morgan fingerprint density at radius 3 is 2.84 bits per heavy atom. The minimum Gasteiger partial charge on any atom is -0.490 e. The molecule has 0 unspecified atom stereocenters. The second-order valence-corrected chi connectivity index (χ2v) is 5.09. The number of thiophene rings is 1. The van der Waals surface area contributed by atoms with Crippen LogP contribution in [0.3, 0.4) is 0 Å². The van der Waals surface area contributed by atoms with Crippen LogP contribution in [0.15, 0.2) is 36.0 Å². The van der Waals surface area contributed by atoms with Gasteiger partial charge in [-0.25, -0.2) is 0 Å². The van der Waals surface area contributed by atoms with Crippen molar-refractivity contribution in [2.75, 3.05) is 13.2 Å². The van der Waals surface area contributed by atoms with Crippen LogP contribution < -0.4 is 10.1 Å². The molecule has 104 valence electrons. The van der Waals surface area contributed by atoms with Crippen molar-refractivity contribution >= 4 is 36.2 Å². The Kier molecular flexibility index (Phi) is 6.58. The maximum Gasteiger partial charge on any atom is 0.138 e. The quantitative estimate of drug-likeness (QED) is 0.938. The van der Waals surface area contributed by atoms with Gasteiger partial charge in [0.25, 0.3) is 0 Å². The van der Waals surface area contributed by atoms with E-state index in [0.29, 0.717) is 6.04 Å². The summed E-state index contributed by atoms with van der Waals surface area (Å²) in [5.41, 5.74) is 1.12. The third kappa shape index (κ3) is 4.08. The standard InChI is InChI=1S/C13H14N2OS.2ClH/c1-2-13(17-5-1)10-6-12(8-14-7-10)16-9-11-3-4-15-11;;/h1-2,5-8,11,15H,3-4,9H2;2*1H/t11-;;/m0../s1. The predicted molar refractivity (Wildman–Crippen MR) is 83.9 cm³/mol. The van der Waals surface area contributed by atoms with E-state index in [0.717, 1.165) is 24.5 Å². The molecular weight excluding hydrogens is 303 g/mol. The van der Waals surface area contributed by atoms with Crippen molar-refractivity contribution in [3.63, 3.8) is 0 Å². The van der Waals surface area contributed by atoms with Crippen LogP contribution in [0.2, 0.25) is 0 Å². The highest BCUT2D eigenvalue weighted by Gasteiger charge is 2.16. The summed E-state index contributed by atoms with van der Waals surface area (Å²) in [5.74, 6) is 0.851. The first-order valence-corrected chi connectivity index (χ1v) is 6.65. The number of aromatic nitrogens is 1. The van der Waals surface area contributed by atoms with Crippen LogP contribution >= 0.6 is 36.2 Å². The summed E-state index contributed by atoms with van der Waals surface area (Å²) in [6.07, 6.45) is 4.86. The molecule has 0 aromatic carbocycles. The number of nitrogens with one attached hydrogen (secondary N) is 1. The van der Waals surface area contributed by atoms with Gasteiger partial charge in [0.15, 0.2) is 0 Å². The Bertz CT molecular complexity index is 489. The highest BCUT2D eigenvalue weighted by Crippen LogP contribution is 2.26. The summed E-state index contributed by atoms with van der Waals surface area (Å²) >= 11 is 1.72. The number of hydrogen-bond donors (Lipinski definition) is 1. The summed E-state index contributed by atoms with van der Waals surface area (Å²) in [7, 11) is 0. The summed E-state index contributed by atoms with van der Waals surface area (Å²) in [5, 5.41) is 5.39. The van der Waals surface area contributed by atoms with E-state index in [-0.39, 0.29) is 24.8 Å². The summed E-state index contributed by atoms with van der Waals surface area (Å²) in [6.45, 7) is 1.84. The van der Waals surface area contributed by atoms with Crippen LogP contribution in [0, 0.1) is 0 Å². The molecule has 0 radical (unpaired) electrons.